The van der Waals surface area contributed by atoms with Crippen molar-refractivity contribution in [2.24, 2.45) is 11.8 Å². The molecule has 0 spiro atoms. The standard InChI is InChI=1S/C25H37N3OS/c1-6-18(4)20-7-9-21(10-8-20)24(17(2)3)27-25(29)22-11-13-28(14-12-22)15-23-16-30-19(5)26-23/h7-10,16-18,22,24H,6,11-15H2,1-5H3,(H,27,29). The van der Waals surface area contributed by atoms with E-state index in [0.29, 0.717) is 11.8 Å². The molecule has 1 N–H and O–H groups in total. The highest BCUT2D eigenvalue weighted by atomic mass is 32.1. The predicted octanol–water partition coefficient (Wildman–Crippen LogP) is 5.69. The van der Waals surface area contributed by atoms with Gasteiger partial charge in [0.2, 0.25) is 5.91 Å². The zero-order chi connectivity index (χ0) is 21.7. The number of piperidine rings is 1. The summed E-state index contributed by atoms with van der Waals surface area (Å²) >= 11 is 1.71. The number of benzene rings is 1. The molecule has 2 aromatic rings. The Morgan fingerprint density at radius 2 is 1.80 bits per heavy atom. The van der Waals surface area contributed by atoms with E-state index in [-0.39, 0.29) is 17.9 Å². The van der Waals surface area contributed by atoms with Gasteiger partial charge in [0.1, 0.15) is 0 Å². The van der Waals surface area contributed by atoms with Gasteiger partial charge in [0.25, 0.3) is 0 Å². The van der Waals surface area contributed by atoms with E-state index in [1.165, 1.54) is 11.1 Å². The first-order chi connectivity index (χ1) is 14.4. The SMILES string of the molecule is CCC(C)c1ccc(C(NC(=O)C2CCN(Cc3csc(C)n3)CC2)C(C)C)cc1. The lowest BCUT2D eigenvalue weighted by molar-refractivity contribution is -0.127. The molecule has 0 saturated carbocycles. The summed E-state index contributed by atoms with van der Waals surface area (Å²) in [6, 6.07) is 8.92. The van der Waals surface area contributed by atoms with Crippen LogP contribution in [0.5, 0.6) is 0 Å². The quantitative estimate of drug-likeness (QED) is 0.588. The number of thiazole rings is 1. The monoisotopic (exact) mass is 427 g/mol. The fourth-order valence-corrected chi connectivity index (χ4v) is 4.84. The van der Waals surface area contributed by atoms with Gasteiger partial charge in [0.05, 0.1) is 16.7 Å². The van der Waals surface area contributed by atoms with Crippen LogP contribution in [0, 0.1) is 18.8 Å². The normalized spacial score (nSPS) is 17.8. The molecule has 2 atom stereocenters. The molecular formula is C25H37N3OS. The van der Waals surface area contributed by atoms with Crippen molar-refractivity contribution in [2.75, 3.05) is 13.1 Å². The average Bonchev–Trinajstić information content (AvgIpc) is 3.16. The van der Waals surface area contributed by atoms with Gasteiger partial charge >= 0.3 is 0 Å². The number of aryl methyl sites for hydroxylation is 1. The lowest BCUT2D eigenvalue weighted by Crippen LogP contribution is -2.42. The molecule has 2 heterocycles. The number of rotatable bonds is 8. The maximum absolute atomic E-state index is 13.0. The van der Waals surface area contributed by atoms with E-state index >= 15 is 0 Å². The highest BCUT2D eigenvalue weighted by Crippen LogP contribution is 2.27. The molecule has 164 valence electrons. The topological polar surface area (TPSA) is 45.2 Å². The van der Waals surface area contributed by atoms with Crippen molar-refractivity contribution >= 4 is 17.2 Å². The molecule has 1 saturated heterocycles. The number of likely N-dealkylation sites (tertiary alicyclic amines) is 1. The van der Waals surface area contributed by atoms with Gasteiger partial charge in [-0.1, -0.05) is 52.0 Å². The van der Waals surface area contributed by atoms with Crippen LogP contribution in [0.15, 0.2) is 29.6 Å². The van der Waals surface area contributed by atoms with Crippen LogP contribution in [0.3, 0.4) is 0 Å². The Labute approximate surface area is 186 Å². The predicted molar refractivity (Wildman–Crippen MR) is 126 cm³/mol. The van der Waals surface area contributed by atoms with Gasteiger partial charge in [-0.3, -0.25) is 9.69 Å². The Hall–Kier alpha value is -1.72. The van der Waals surface area contributed by atoms with Crippen LogP contribution in [-0.2, 0) is 11.3 Å². The van der Waals surface area contributed by atoms with Crippen molar-refractivity contribution in [3.63, 3.8) is 0 Å². The fraction of sp³-hybridized carbons (Fsp3) is 0.600. The van der Waals surface area contributed by atoms with Crippen LogP contribution in [0.2, 0.25) is 0 Å². The third-order valence-electron chi connectivity index (χ3n) is 6.45. The van der Waals surface area contributed by atoms with Crippen molar-refractivity contribution in [2.45, 2.75) is 72.4 Å². The zero-order valence-electron chi connectivity index (χ0n) is 19.1. The number of hydrogen-bond donors (Lipinski definition) is 1. The van der Waals surface area contributed by atoms with Gasteiger partial charge in [-0.15, -0.1) is 11.3 Å². The minimum atomic E-state index is 0.0690. The van der Waals surface area contributed by atoms with Crippen LogP contribution in [0.4, 0.5) is 0 Å². The fourth-order valence-electron chi connectivity index (χ4n) is 4.24. The summed E-state index contributed by atoms with van der Waals surface area (Å²) in [6.45, 7) is 13.7. The smallest absolute Gasteiger partial charge is 0.223 e. The van der Waals surface area contributed by atoms with E-state index in [2.05, 4.69) is 72.5 Å². The molecule has 1 amide bonds. The Balaban J connectivity index is 1.55. The largest absolute Gasteiger partial charge is 0.349 e. The number of hydrogen-bond acceptors (Lipinski definition) is 4. The van der Waals surface area contributed by atoms with Gasteiger partial charge in [-0.25, -0.2) is 4.98 Å². The third-order valence-corrected chi connectivity index (χ3v) is 7.27. The molecule has 30 heavy (non-hydrogen) atoms. The second-order valence-electron chi connectivity index (χ2n) is 9.11. The van der Waals surface area contributed by atoms with Crippen LogP contribution < -0.4 is 5.32 Å². The second-order valence-corrected chi connectivity index (χ2v) is 10.2. The lowest BCUT2D eigenvalue weighted by Gasteiger charge is -2.32. The maximum Gasteiger partial charge on any atom is 0.223 e. The van der Waals surface area contributed by atoms with Crippen molar-refractivity contribution < 1.29 is 4.79 Å². The maximum atomic E-state index is 13.0. The lowest BCUT2D eigenvalue weighted by atomic mass is 9.90. The van der Waals surface area contributed by atoms with Gasteiger partial charge in [-0.2, -0.15) is 0 Å². The second kappa shape index (κ2) is 10.5. The number of carbonyl (C=O) groups is 1. The molecule has 1 aromatic carbocycles. The summed E-state index contributed by atoms with van der Waals surface area (Å²) in [5.74, 6) is 1.25. The van der Waals surface area contributed by atoms with Crippen LogP contribution in [0.25, 0.3) is 0 Å². The number of nitrogens with zero attached hydrogens (tertiary/aromatic N) is 2. The molecule has 5 heteroatoms. The number of nitrogens with one attached hydrogen (secondary N) is 1. The first-order valence-corrected chi connectivity index (χ1v) is 12.3. The summed E-state index contributed by atoms with van der Waals surface area (Å²) in [5.41, 5.74) is 3.74. The van der Waals surface area contributed by atoms with Crippen molar-refractivity contribution in [3.05, 3.63) is 51.5 Å². The van der Waals surface area contributed by atoms with E-state index in [1.54, 1.807) is 11.3 Å². The molecule has 3 rings (SSSR count). The molecule has 0 radical (unpaired) electrons. The zero-order valence-corrected chi connectivity index (χ0v) is 20.0. The Bertz CT molecular complexity index is 806. The van der Waals surface area contributed by atoms with Crippen molar-refractivity contribution in [3.8, 4) is 0 Å². The molecular weight excluding hydrogens is 390 g/mol. The molecule has 1 aliphatic heterocycles. The minimum Gasteiger partial charge on any atom is -0.349 e. The van der Waals surface area contributed by atoms with Crippen molar-refractivity contribution in [1.82, 2.24) is 15.2 Å². The number of amides is 1. The minimum absolute atomic E-state index is 0.0690. The summed E-state index contributed by atoms with van der Waals surface area (Å²) in [5, 5.41) is 6.63. The first-order valence-electron chi connectivity index (χ1n) is 11.4. The molecule has 1 aliphatic rings. The molecule has 4 nitrogen and oxygen atoms in total. The van der Waals surface area contributed by atoms with Gasteiger partial charge < -0.3 is 5.32 Å². The van der Waals surface area contributed by atoms with E-state index in [1.807, 2.05) is 6.92 Å². The van der Waals surface area contributed by atoms with E-state index in [0.717, 1.165) is 49.6 Å². The van der Waals surface area contributed by atoms with Gasteiger partial charge in [0, 0.05) is 17.8 Å². The van der Waals surface area contributed by atoms with Crippen LogP contribution >= 0.6 is 11.3 Å². The summed E-state index contributed by atoms with van der Waals surface area (Å²) in [7, 11) is 0. The molecule has 0 aliphatic carbocycles. The Morgan fingerprint density at radius 1 is 1.17 bits per heavy atom. The van der Waals surface area contributed by atoms with E-state index in [4.69, 9.17) is 0 Å². The number of carbonyl (C=O) groups excluding carboxylic acids is 1. The average molecular weight is 428 g/mol. The Morgan fingerprint density at radius 3 is 2.33 bits per heavy atom. The highest BCUT2D eigenvalue weighted by molar-refractivity contribution is 7.09. The molecule has 1 fully saturated rings. The molecule has 1 aromatic heterocycles. The van der Waals surface area contributed by atoms with Crippen LogP contribution in [-0.4, -0.2) is 28.9 Å². The highest BCUT2D eigenvalue weighted by Gasteiger charge is 2.28. The first kappa shape index (κ1) is 23.0. The molecule has 2 unspecified atom stereocenters. The molecule has 0 bridgehead atoms. The summed E-state index contributed by atoms with van der Waals surface area (Å²) < 4.78 is 0. The van der Waals surface area contributed by atoms with Crippen LogP contribution in [0.1, 0.15) is 80.7 Å². The van der Waals surface area contributed by atoms with E-state index in [9.17, 15) is 4.79 Å². The third kappa shape index (κ3) is 5.92. The summed E-state index contributed by atoms with van der Waals surface area (Å²) in [6.07, 6.45) is 2.99. The van der Waals surface area contributed by atoms with Gasteiger partial charge in [-0.05, 0) is 62.2 Å². The Kier molecular flexibility index (Phi) is 8.06. The van der Waals surface area contributed by atoms with Crippen molar-refractivity contribution in [1.29, 1.82) is 0 Å². The van der Waals surface area contributed by atoms with E-state index < -0.39 is 0 Å². The number of aromatic nitrogens is 1. The summed E-state index contributed by atoms with van der Waals surface area (Å²) in [4.78, 5) is 20.0. The van der Waals surface area contributed by atoms with Gasteiger partial charge in [0.15, 0.2) is 0 Å².